The van der Waals surface area contributed by atoms with E-state index in [2.05, 4.69) is 10.3 Å². The zero-order valence-electron chi connectivity index (χ0n) is 9.79. The number of Topliss-reactive ketones (excluding diaryl/α,β-unsaturated/α-hetero) is 1. The van der Waals surface area contributed by atoms with Gasteiger partial charge in [-0.15, -0.1) is 0 Å². The molecule has 1 aromatic rings. The summed E-state index contributed by atoms with van der Waals surface area (Å²) in [6, 6.07) is 1.86. The number of carbonyl (C=O) groups excluding carboxylic acids is 1. The fourth-order valence-electron chi connectivity index (χ4n) is 2.21. The number of pyridine rings is 1. The molecule has 0 bridgehead atoms. The quantitative estimate of drug-likeness (QED) is 0.816. The first-order chi connectivity index (χ1) is 8.27. The van der Waals surface area contributed by atoms with Gasteiger partial charge in [-0.3, -0.25) is 9.78 Å². The summed E-state index contributed by atoms with van der Waals surface area (Å²) < 4.78 is 13.3. The van der Waals surface area contributed by atoms with Gasteiger partial charge in [0.2, 0.25) is 0 Å². The van der Waals surface area contributed by atoms with Crippen molar-refractivity contribution in [2.24, 2.45) is 0 Å². The molecule has 1 unspecified atom stereocenters. The third-order valence-corrected chi connectivity index (χ3v) is 3.21. The van der Waals surface area contributed by atoms with Crippen LogP contribution in [0.2, 0.25) is 0 Å². The van der Waals surface area contributed by atoms with Gasteiger partial charge in [0.25, 0.3) is 0 Å². The van der Waals surface area contributed by atoms with Gasteiger partial charge in [-0.2, -0.15) is 0 Å². The number of hydrogen-bond acceptors (Lipinski definition) is 3. The average molecular weight is 236 g/mol. The molecule has 4 heteroatoms. The number of nitrogens with zero attached hydrogens (tertiary/aromatic N) is 1. The van der Waals surface area contributed by atoms with E-state index in [-0.39, 0.29) is 11.3 Å². The largest absolute Gasteiger partial charge is 0.314 e. The highest BCUT2D eigenvalue weighted by atomic mass is 19.1. The van der Waals surface area contributed by atoms with Crippen molar-refractivity contribution >= 4 is 5.78 Å². The minimum absolute atomic E-state index is 0.128. The molecule has 2 rings (SSSR count). The summed E-state index contributed by atoms with van der Waals surface area (Å²) in [5, 5.41) is 3.38. The van der Waals surface area contributed by atoms with Crippen molar-refractivity contribution in [2.75, 3.05) is 6.54 Å². The first-order valence-corrected chi connectivity index (χ1v) is 6.13. The summed E-state index contributed by atoms with van der Waals surface area (Å²) >= 11 is 0. The van der Waals surface area contributed by atoms with E-state index in [0.29, 0.717) is 12.5 Å². The summed E-state index contributed by atoms with van der Waals surface area (Å²) in [5.74, 6) is -0.647. The van der Waals surface area contributed by atoms with Crippen molar-refractivity contribution in [1.82, 2.24) is 10.3 Å². The van der Waals surface area contributed by atoms with E-state index in [4.69, 9.17) is 0 Å². The van der Waals surface area contributed by atoms with Gasteiger partial charge in [0, 0.05) is 18.7 Å². The lowest BCUT2D eigenvalue weighted by Gasteiger charge is -2.22. The predicted molar refractivity (Wildman–Crippen MR) is 63.4 cm³/mol. The number of rotatable bonds is 4. The Morgan fingerprint density at radius 1 is 1.53 bits per heavy atom. The van der Waals surface area contributed by atoms with Crippen LogP contribution in [0, 0.1) is 5.82 Å². The standard InChI is InChI=1S/C13H17FN2O/c14-12-9-15-8-6-11(12)13(17)5-4-10-3-1-2-7-16-10/h6,8-10,16H,1-5,7H2. The Hall–Kier alpha value is -1.29. The molecule has 17 heavy (non-hydrogen) atoms. The van der Waals surface area contributed by atoms with Gasteiger partial charge in [-0.25, -0.2) is 4.39 Å². The normalized spacial score (nSPS) is 20.2. The Balaban J connectivity index is 1.87. The van der Waals surface area contributed by atoms with Crippen LogP contribution >= 0.6 is 0 Å². The molecule has 0 amide bonds. The highest BCUT2D eigenvalue weighted by Crippen LogP contribution is 2.15. The molecule has 2 heterocycles. The summed E-state index contributed by atoms with van der Waals surface area (Å²) in [7, 11) is 0. The van der Waals surface area contributed by atoms with Crippen LogP contribution < -0.4 is 5.32 Å². The smallest absolute Gasteiger partial charge is 0.165 e. The molecule has 1 N–H and O–H groups in total. The van der Waals surface area contributed by atoms with Crippen molar-refractivity contribution in [3.63, 3.8) is 0 Å². The summed E-state index contributed by atoms with van der Waals surface area (Å²) in [4.78, 5) is 15.5. The summed E-state index contributed by atoms with van der Waals surface area (Å²) in [6.45, 7) is 1.03. The minimum Gasteiger partial charge on any atom is -0.314 e. The van der Waals surface area contributed by atoms with Crippen LogP contribution in [-0.2, 0) is 0 Å². The second-order valence-corrected chi connectivity index (χ2v) is 4.46. The van der Waals surface area contributed by atoms with Crippen molar-refractivity contribution in [2.45, 2.75) is 38.1 Å². The van der Waals surface area contributed by atoms with Crippen LogP contribution in [0.25, 0.3) is 0 Å². The predicted octanol–water partition coefficient (Wildman–Crippen LogP) is 2.33. The molecule has 3 nitrogen and oxygen atoms in total. The summed E-state index contributed by atoms with van der Waals surface area (Å²) in [5.41, 5.74) is 0.163. The molecule has 0 aromatic carbocycles. The Kier molecular flexibility index (Phi) is 4.20. The minimum atomic E-state index is -0.519. The Bertz CT molecular complexity index is 389. The molecule has 1 aliphatic heterocycles. The second-order valence-electron chi connectivity index (χ2n) is 4.46. The first kappa shape index (κ1) is 12.2. The molecule has 1 fully saturated rings. The van der Waals surface area contributed by atoms with E-state index in [0.717, 1.165) is 25.6 Å². The van der Waals surface area contributed by atoms with Gasteiger partial charge in [0.1, 0.15) is 0 Å². The maximum atomic E-state index is 13.3. The number of halogens is 1. The van der Waals surface area contributed by atoms with Crippen LogP contribution in [0.3, 0.4) is 0 Å². The van der Waals surface area contributed by atoms with Crippen LogP contribution in [0.4, 0.5) is 4.39 Å². The van der Waals surface area contributed by atoms with E-state index in [1.165, 1.54) is 25.1 Å². The van der Waals surface area contributed by atoms with Crippen LogP contribution in [0.1, 0.15) is 42.5 Å². The van der Waals surface area contributed by atoms with Gasteiger partial charge in [-0.05, 0) is 31.9 Å². The Morgan fingerprint density at radius 2 is 2.41 bits per heavy atom. The number of aromatic nitrogens is 1. The third-order valence-electron chi connectivity index (χ3n) is 3.21. The highest BCUT2D eigenvalue weighted by molar-refractivity contribution is 5.96. The SMILES string of the molecule is O=C(CCC1CCCCN1)c1ccncc1F. The lowest BCUT2D eigenvalue weighted by Crippen LogP contribution is -2.34. The van der Waals surface area contributed by atoms with E-state index in [1.807, 2.05) is 0 Å². The molecule has 0 saturated carbocycles. The monoisotopic (exact) mass is 236 g/mol. The van der Waals surface area contributed by atoms with Gasteiger partial charge < -0.3 is 5.32 Å². The van der Waals surface area contributed by atoms with Crippen molar-refractivity contribution in [1.29, 1.82) is 0 Å². The molecular weight excluding hydrogens is 219 g/mol. The van der Waals surface area contributed by atoms with Crippen molar-refractivity contribution in [3.8, 4) is 0 Å². The number of ketones is 1. The molecular formula is C13H17FN2O. The fourth-order valence-corrected chi connectivity index (χ4v) is 2.21. The molecule has 0 spiro atoms. The first-order valence-electron chi connectivity index (χ1n) is 6.13. The lowest BCUT2D eigenvalue weighted by atomic mass is 9.97. The van der Waals surface area contributed by atoms with E-state index < -0.39 is 5.82 Å². The Morgan fingerprint density at radius 3 is 3.12 bits per heavy atom. The molecule has 0 aliphatic carbocycles. The highest BCUT2D eigenvalue weighted by Gasteiger charge is 2.16. The van der Waals surface area contributed by atoms with Crippen molar-refractivity contribution < 1.29 is 9.18 Å². The fraction of sp³-hybridized carbons (Fsp3) is 0.538. The van der Waals surface area contributed by atoms with Gasteiger partial charge in [-0.1, -0.05) is 6.42 Å². The molecule has 0 radical (unpaired) electrons. The number of piperidine rings is 1. The molecule has 1 aromatic heterocycles. The maximum Gasteiger partial charge on any atom is 0.165 e. The molecule has 1 saturated heterocycles. The zero-order chi connectivity index (χ0) is 12.1. The zero-order valence-corrected chi connectivity index (χ0v) is 9.79. The van der Waals surface area contributed by atoms with E-state index in [9.17, 15) is 9.18 Å². The average Bonchev–Trinajstić information content (AvgIpc) is 2.38. The van der Waals surface area contributed by atoms with Gasteiger partial charge in [0.15, 0.2) is 11.6 Å². The lowest BCUT2D eigenvalue weighted by molar-refractivity contribution is 0.0970. The van der Waals surface area contributed by atoms with Crippen LogP contribution in [0.5, 0.6) is 0 Å². The van der Waals surface area contributed by atoms with Crippen molar-refractivity contribution in [3.05, 3.63) is 29.8 Å². The third kappa shape index (κ3) is 3.33. The van der Waals surface area contributed by atoms with E-state index in [1.54, 1.807) is 0 Å². The second kappa shape index (κ2) is 5.87. The van der Waals surface area contributed by atoms with Crippen LogP contribution in [0.15, 0.2) is 18.5 Å². The number of hydrogen-bond donors (Lipinski definition) is 1. The topological polar surface area (TPSA) is 42.0 Å². The van der Waals surface area contributed by atoms with Gasteiger partial charge in [0.05, 0.1) is 11.8 Å². The van der Waals surface area contributed by atoms with E-state index >= 15 is 0 Å². The molecule has 1 aliphatic rings. The van der Waals surface area contributed by atoms with Gasteiger partial charge >= 0.3 is 0 Å². The molecule has 1 atom stereocenters. The molecule has 92 valence electrons. The Labute approximate surface area is 100 Å². The summed E-state index contributed by atoms with van der Waals surface area (Å²) in [6.07, 6.45) is 7.28. The number of nitrogens with one attached hydrogen (secondary N) is 1. The number of carbonyl (C=O) groups is 1. The van der Waals surface area contributed by atoms with Crippen LogP contribution in [-0.4, -0.2) is 23.4 Å². The maximum absolute atomic E-state index is 13.3.